The number of imidazole rings is 1. The third-order valence-corrected chi connectivity index (χ3v) is 5.62. The highest BCUT2D eigenvalue weighted by molar-refractivity contribution is 6.36. The molecule has 5 aromatic rings. The van der Waals surface area contributed by atoms with E-state index in [1.54, 1.807) is 24.0 Å². The summed E-state index contributed by atoms with van der Waals surface area (Å²) < 4.78 is 71.6. The highest BCUT2D eigenvalue weighted by atomic mass is 35.5. The number of aromatic nitrogens is 7. The van der Waals surface area contributed by atoms with Gasteiger partial charge in [-0.05, 0) is 6.07 Å². The summed E-state index contributed by atoms with van der Waals surface area (Å²) in [5.74, 6) is 0.794. The SMILES string of the molecule is [2H]C([2H])([2H])n1cc(C(F)(F)F)cc(Nc2nc3ncc(Oc4cnn5ccnc(NC)c45)c(Cl)c3n2C)c1=O. The fourth-order valence-corrected chi connectivity index (χ4v) is 3.83. The molecule has 2 N–H and O–H groups in total. The number of fused-ring (bicyclic) bond motifs is 2. The molecular weight excluding hydrogens is 503 g/mol. The van der Waals surface area contributed by atoms with E-state index < -0.39 is 30.0 Å². The molecule has 5 aromatic heterocycles. The van der Waals surface area contributed by atoms with Gasteiger partial charge in [0.2, 0.25) is 5.95 Å². The second kappa shape index (κ2) is 8.41. The second-order valence-electron chi connectivity index (χ2n) is 7.47. The van der Waals surface area contributed by atoms with Crippen molar-refractivity contribution in [3.63, 3.8) is 0 Å². The Morgan fingerprint density at radius 3 is 2.72 bits per heavy atom. The van der Waals surface area contributed by atoms with Gasteiger partial charge in [0.25, 0.3) is 5.56 Å². The Morgan fingerprint density at radius 1 is 1.19 bits per heavy atom. The van der Waals surface area contributed by atoms with Crippen LogP contribution in [0.3, 0.4) is 0 Å². The highest BCUT2D eigenvalue weighted by Gasteiger charge is 2.32. The largest absolute Gasteiger partial charge is 0.450 e. The number of halogens is 4. The van der Waals surface area contributed by atoms with Crippen LogP contribution in [-0.2, 0) is 20.2 Å². The van der Waals surface area contributed by atoms with E-state index in [1.807, 2.05) is 0 Å². The van der Waals surface area contributed by atoms with Crippen molar-refractivity contribution in [1.82, 2.24) is 33.7 Å². The van der Waals surface area contributed by atoms with Crippen LogP contribution in [0.5, 0.6) is 11.5 Å². The zero-order chi connectivity index (χ0) is 28.3. The average molecular weight is 523 g/mol. The number of hydrogen-bond donors (Lipinski definition) is 2. The average Bonchev–Trinajstić information content (AvgIpc) is 3.41. The van der Waals surface area contributed by atoms with Crippen LogP contribution >= 0.6 is 11.6 Å². The van der Waals surface area contributed by atoms with E-state index in [0.717, 1.165) is 0 Å². The first-order chi connectivity index (χ1) is 18.3. The van der Waals surface area contributed by atoms with Crippen LogP contribution in [0.4, 0.5) is 30.6 Å². The van der Waals surface area contributed by atoms with Crippen LogP contribution in [0, 0.1) is 0 Å². The lowest BCUT2D eigenvalue weighted by molar-refractivity contribution is -0.138. The molecule has 0 aliphatic heterocycles. The lowest BCUT2D eigenvalue weighted by Gasteiger charge is -2.12. The maximum absolute atomic E-state index is 13.4. The van der Waals surface area contributed by atoms with Gasteiger partial charge >= 0.3 is 6.18 Å². The summed E-state index contributed by atoms with van der Waals surface area (Å²) >= 11 is 6.61. The predicted molar refractivity (Wildman–Crippen MR) is 126 cm³/mol. The number of aryl methyl sites for hydroxylation is 2. The maximum atomic E-state index is 13.4. The predicted octanol–water partition coefficient (Wildman–Crippen LogP) is 3.96. The topological polar surface area (TPSA) is 116 Å². The number of pyridine rings is 2. The van der Waals surface area contributed by atoms with E-state index in [4.69, 9.17) is 20.5 Å². The van der Waals surface area contributed by atoms with Gasteiger partial charge in [-0.25, -0.2) is 14.5 Å². The molecule has 0 aliphatic carbocycles. The van der Waals surface area contributed by atoms with Gasteiger partial charge in [0, 0.05) is 43.8 Å². The molecule has 0 aromatic carbocycles. The molecule has 0 atom stereocenters. The summed E-state index contributed by atoms with van der Waals surface area (Å²) in [4.78, 5) is 25.4. The summed E-state index contributed by atoms with van der Waals surface area (Å²) in [5, 5.41) is 9.69. The first kappa shape index (κ1) is 19.9. The number of alkyl halides is 3. The van der Waals surface area contributed by atoms with Gasteiger partial charge in [0.1, 0.15) is 16.2 Å². The molecule has 0 unspecified atom stereocenters. The van der Waals surface area contributed by atoms with Gasteiger partial charge < -0.3 is 24.5 Å². The van der Waals surface area contributed by atoms with Gasteiger partial charge in [-0.3, -0.25) is 4.79 Å². The van der Waals surface area contributed by atoms with Crippen molar-refractivity contribution < 1.29 is 22.0 Å². The van der Waals surface area contributed by atoms with Gasteiger partial charge in [-0.15, -0.1) is 0 Å². The minimum absolute atomic E-state index is 0.0302. The Labute approximate surface area is 209 Å². The van der Waals surface area contributed by atoms with Crippen molar-refractivity contribution in [3.05, 3.63) is 58.0 Å². The minimum Gasteiger partial charge on any atom is -0.450 e. The Kier molecular flexibility index (Phi) is 4.65. The van der Waals surface area contributed by atoms with E-state index in [1.165, 1.54) is 24.0 Å². The molecule has 0 bridgehead atoms. The third kappa shape index (κ3) is 3.84. The summed E-state index contributed by atoms with van der Waals surface area (Å²) in [5.41, 5.74) is -2.37. The van der Waals surface area contributed by atoms with E-state index in [2.05, 4.69) is 30.7 Å². The third-order valence-electron chi connectivity index (χ3n) is 5.25. The van der Waals surface area contributed by atoms with Gasteiger partial charge in [-0.1, -0.05) is 11.6 Å². The molecule has 0 amide bonds. The highest BCUT2D eigenvalue weighted by Crippen LogP contribution is 2.38. The summed E-state index contributed by atoms with van der Waals surface area (Å²) in [6.45, 7) is -3.15. The molecule has 36 heavy (non-hydrogen) atoms. The van der Waals surface area contributed by atoms with E-state index in [9.17, 15) is 18.0 Å². The molecule has 0 fully saturated rings. The number of anilines is 3. The van der Waals surface area contributed by atoms with Crippen LogP contribution in [0.15, 0.2) is 41.8 Å². The Balaban J connectivity index is 1.57. The monoisotopic (exact) mass is 522 g/mol. The molecule has 0 aliphatic rings. The molecule has 5 heterocycles. The fourth-order valence-electron chi connectivity index (χ4n) is 3.54. The number of nitrogens with zero attached hydrogens (tertiary/aromatic N) is 7. The lowest BCUT2D eigenvalue weighted by atomic mass is 10.2. The summed E-state index contributed by atoms with van der Waals surface area (Å²) in [7, 11) is 3.16. The van der Waals surface area contributed by atoms with Crippen molar-refractivity contribution >= 4 is 45.7 Å². The number of ether oxygens (including phenoxy) is 1. The molecule has 0 saturated carbocycles. The van der Waals surface area contributed by atoms with Gasteiger partial charge in [-0.2, -0.15) is 23.3 Å². The molecule has 15 heteroatoms. The molecular formula is C21H17ClF3N9O2. The van der Waals surface area contributed by atoms with Crippen molar-refractivity contribution in [3.8, 4) is 11.5 Å². The van der Waals surface area contributed by atoms with Crippen LogP contribution in [0.1, 0.15) is 9.68 Å². The van der Waals surface area contributed by atoms with Crippen LogP contribution in [-0.4, -0.2) is 40.7 Å². The fraction of sp³-hybridized carbons (Fsp3) is 0.190. The van der Waals surface area contributed by atoms with Gasteiger partial charge in [0.15, 0.2) is 28.5 Å². The van der Waals surface area contributed by atoms with Gasteiger partial charge in [0.05, 0.1) is 18.0 Å². The first-order valence-corrected chi connectivity index (χ1v) is 10.5. The molecule has 0 radical (unpaired) electrons. The molecule has 0 saturated heterocycles. The number of rotatable bonds is 5. The maximum Gasteiger partial charge on any atom is 0.417 e. The lowest BCUT2D eigenvalue weighted by Crippen LogP contribution is -2.23. The molecule has 11 nitrogen and oxygen atoms in total. The Morgan fingerprint density at radius 2 is 2.00 bits per heavy atom. The number of nitrogens with one attached hydrogen (secondary N) is 2. The van der Waals surface area contributed by atoms with E-state index in [-0.39, 0.29) is 38.6 Å². The minimum atomic E-state index is -4.92. The van der Waals surface area contributed by atoms with Crippen LogP contribution in [0.2, 0.25) is 5.02 Å². The van der Waals surface area contributed by atoms with E-state index in [0.29, 0.717) is 23.2 Å². The van der Waals surface area contributed by atoms with E-state index >= 15 is 0 Å². The second-order valence-corrected chi connectivity index (χ2v) is 7.85. The smallest absolute Gasteiger partial charge is 0.417 e. The molecule has 5 rings (SSSR count). The first-order valence-electron chi connectivity index (χ1n) is 11.6. The Hall–Kier alpha value is -4.33. The van der Waals surface area contributed by atoms with Crippen LogP contribution < -0.4 is 20.9 Å². The number of hydrogen-bond acceptors (Lipinski definition) is 8. The zero-order valence-corrected chi connectivity index (χ0v) is 19.2. The molecule has 0 spiro atoms. The quantitative estimate of drug-likeness (QED) is 0.356. The van der Waals surface area contributed by atoms with Crippen molar-refractivity contribution in [1.29, 1.82) is 0 Å². The zero-order valence-electron chi connectivity index (χ0n) is 21.4. The summed E-state index contributed by atoms with van der Waals surface area (Å²) in [6, 6.07) is 0.506. The molecule has 186 valence electrons. The van der Waals surface area contributed by atoms with Crippen LogP contribution in [0.25, 0.3) is 16.7 Å². The van der Waals surface area contributed by atoms with Crippen molar-refractivity contribution in [2.75, 3.05) is 17.7 Å². The summed E-state index contributed by atoms with van der Waals surface area (Å²) in [6.07, 6.45) is 1.26. The Bertz CT molecular complexity index is 1800. The standard InChI is InChI=1S/C21H17ClF3N9O2/c1-26-17-15-13(8-29-34(15)5-4-27-17)36-12-7-28-18-16(14(12)22)33(3)20(31-18)30-11-6-10(21(23,24)25)9-32(2)19(11)35/h4-9H,1-3H3,(H,26,27)(H,28,30,31)/i2D3. The van der Waals surface area contributed by atoms with Crippen molar-refractivity contribution in [2.24, 2.45) is 14.0 Å². The normalized spacial score (nSPS) is 13.4. The van der Waals surface area contributed by atoms with Crippen molar-refractivity contribution in [2.45, 2.75) is 6.18 Å².